The summed E-state index contributed by atoms with van der Waals surface area (Å²) in [5.41, 5.74) is 9.87. The molecule has 1 rings (SSSR count). The van der Waals surface area contributed by atoms with Crippen molar-refractivity contribution in [3.8, 4) is 5.75 Å². The lowest BCUT2D eigenvalue weighted by molar-refractivity contribution is 0.396. The average molecular weight is 249 g/mol. The first-order valence-corrected chi connectivity index (χ1v) is 6.77. The summed E-state index contributed by atoms with van der Waals surface area (Å²) in [4.78, 5) is 0. The summed E-state index contributed by atoms with van der Waals surface area (Å²) in [7, 11) is 1.76. The van der Waals surface area contributed by atoms with E-state index < -0.39 is 0 Å². The van der Waals surface area contributed by atoms with Gasteiger partial charge in [-0.3, -0.25) is 0 Å². The molecule has 2 nitrogen and oxygen atoms in total. The molecule has 0 spiro atoms. The minimum absolute atomic E-state index is 0.219. The molecular formula is C16H27NO. The molecule has 0 bridgehead atoms. The van der Waals surface area contributed by atoms with Crippen LogP contribution in [0.2, 0.25) is 0 Å². The van der Waals surface area contributed by atoms with Crippen molar-refractivity contribution in [1.82, 2.24) is 0 Å². The van der Waals surface area contributed by atoms with Crippen molar-refractivity contribution in [3.63, 3.8) is 0 Å². The Bertz CT molecular complexity index is 402. The van der Waals surface area contributed by atoms with Crippen LogP contribution in [0.25, 0.3) is 0 Å². The van der Waals surface area contributed by atoms with Crippen LogP contribution in [0.5, 0.6) is 5.75 Å². The van der Waals surface area contributed by atoms with Gasteiger partial charge >= 0.3 is 0 Å². The summed E-state index contributed by atoms with van der Waals surface area (Å²) in [5.74, 6) is 1.52. The Labute approximate surface area is 112 Å². The van der Waals surface area contributed by atoms with Crippen LogP contribution in [0.1, 0.15) is 57.2 Å². The molecule has 1 aromatic carbocycles. The lowest BCUT2D eigenvalue weighted by Crippen LogP contribution is -2.35. The summed E-state index contributed by atoms with van der Waals surface area (Å²) in [6.07, 6.45) is 1.83. The Morgan fingerprint density at radius 1 is 1.28 bits per heavy atom. The maximum absolute atomic E-state index is 6.20. The monoisotopic (exact) mass is 249 g/mol. The summed E-state index contributed by atoms with van der Waals surface area (Å²) < 4.78 is 5.65. The number of ether oxygens (including phenoxy) is 1. The van der Waals surface area contributed by atoms with E-state index in [-0.39, 0.29) is 5.54 Å². The van der Waals surface area contributed by atoms with Gasteiger partial charge in [0.2, 0.25) is 0 Å². The molecule has 0 saturated carbocycles. The van der Waals surface area contributed by atoms with Gasteiger partial charge < -0.3 is 10.5 Å². The topological polar surface area (TPSA) is 35.2 Å². The second-order valence-electron chi connectivity index (χ2n) is 6.00. The Hall–Kier alpha value is -1.02. The first-order valence-electron chi connectivity index (χ1n) is 6.77. The number of aryl methyl sites for hydroxylation is 1. The molecule has 0 radical (unpaired) electrons. The molecule has 0 aliphatic rings. The van der Waals surface area contributed by atoms with Crippen LogP contribution in [0.15, 0.2) is 12.1 Å². The predicted molar refractivity (Wildman–Crippen MR) is 78.4 cm³/mol. The number of hydrogen-bond donors (Lipinski definition) is 1. The van der Waals surface area contributed by atoms with Gasteiger partial charge in [0, 0.05) is 5.54 Å². The summed E-state index contributed by atoms with van der Waals surface area (Å²) in [6, 6.07) is 4.41. The minimum Gasteiger partial charge on any atom is -0.496 e. The van der Waals surface area contributed by atoms with Crippen molar-refractivity contribution in [2.45, 2.75) is 58.9 Å². The first kappa shape index (κ1) is 15.0. The van der Waals surface area contributed by atoms with Gasteiger partial charge in [0.25, 0.3) is 0 Å². The third-order valence-corrected chi connectivity index (χ3v) is 3.22. The van der Waals surface area contributed by atoms with E-state index in [9.17, 15) is 0 Å². The van der Waals surface area contributed by atoms with Crippen molar-refractivity contribution < 1.29 is 4.74 Å². The Balaban J connectivity index is 3.38. The van der Waals surface area contributed by atoms with Gasteiger partial charge in [0.05, 0.1) is 7.11 Å². The normalized spacial score (nSPS) is 12.0. The van der Waals surface area contributed by atoms with Gasteiger partial charge in [0.1, 0.15) is 5.75 Å². The number of nitrogens with two attached hydrogens (primary N) is 1. The van der Waals surface area contributed by atoms with E-state index in [1.165, 1.54) is 16.7 Å². The highest BCUT2D eigenvalue weighted by molar-refractivity contribution is 5.48. The second-order valence-corrected chi connectivity index (χ2v) is 6.00. The smallest absolute Gasteiger partial charge is 0.125 e. The highest BCUT2D eigenvalue weighted by Gasteiger charge is 2.21. The van der Waals surface area contributed by atoms with Crippen LogP contribution in [0.3, 0.4) is 0 Å². The quantitative estimate of drug-likeness (QED) is 0.864. The molecule has 0 unspecified atom stereocenters. The van der Waals surface area contributed by atoms with Crippen molar-refractivity contribution in [1.29, 1.82) is 0 Å². The minimum atomic E-state index is -0.219. The van der Waals surface area contributed by atoms with E-state index in [0.717, 1.165) is 18.6 Å². The van der Waals surface area contributed by atoms with Gasteiger partial charge in [-0.05, 0) is 49.3 Å². The summed E-state index contributed by atoms with van der Waals surface area (Å²) >= 11 is 0. The van der Waals surface area contributed by atoms with Gasteiger partial charge in [-0.25, -0.2) is 0 Å². The van der Waals surface area contributed by atoms with Crippen LogP contribution < -0.4 is 10.5 Å². The fraction of sp³-hybridized carbons (Fsp3) is 0.625. The van der Waals surface area contributed by atoms with Gasteiger partial charge in [0.15, 0.2) is 0 Å². The van der Waals surface area contributed by atoms with Crippen molar-refractivity contribution in [2.75, 3.05) is 7.11 Å². The zero-order valence-corrected chi connectivity index (χ0v) is 12.6. The Morgan fingerprint density at radius 2 is 1.89 bits per heavy atom. The second kappa shape index (κ2) is 5.75. The Morgan fingerprint density at radius 3 is 2.28 bits per heavy atom. The molecule has 0 fully saturated rings. The predicted octanol–water partition coefficient (Wildman–Crippen LogP) is 3.66. The molecule has 18 heavy (non-hydrogen) atoms. The van der Waals surface area contributed by atoms with Crippen LogP contribution in [-0.4, -0.2) is 12.6 Å². The largest absolute Gasteiger partial charge is 0.496 e. The molecular weight excluding hydrogens is 222 g/mol. The van der Waals surface area contributed by atoms with Crippen LogP contribution >= 0.6 is 0 Å². The van der Waals surface area contributed by atoms with E-state index >= 15 is 0 Å². The number of methoxy groups -OCH3 is 1. The third-order valence-electron chi connectivity index (χ3n) is 3.22. The van der Waals surface area contributed by atoms with E-state index in [1.54, 1.807) is 7.11 Å². The van der Waals surface area contributed by atoms with Crippen LogP contribution in [-0.2, 0) is 12.8 Å². The van der Waals surface area contributed by atoms with E-state index in [0.29, 0.717) is 5.92 Å². The maximum Gasteiger partial charge on any atom is 0.125 e. The zero-order valence-electron chi connectivity index (χ0n) is 12.6. The lowest BCUT2D eigenvalue weighted by atomic mass is 9.86. The number of rotatable bonds is 5. The lowest BCUT2D eigenvalue weighted by Gasteiger charge is -2.25. The fourth-order valence-corrected chi connectivity index (χ4v) is 2.40. The van der Waals surface area contributed by atoms with Crippen LogP contribution in [0.4, 0.5) is 0 Å². The molecule has 1 aromatic rings. The number of benzene rings is 1. The van der Waals surface area contributed by atoms with E-state index in [1.807, 2.05) is 0 Å². The van der Waals surface area contributed by atoms with Gasteiger partial charge in [-0.15, -0.1) is 0 Å². The maximum atomic E-state index is 6.20. The summed E-state index contributed by atoms with van der Waals surface area (Å²) in [5, 5.41) is 0. The zero-order chi connectivity index (χ0) is 13.9. The standard InChI is InChI=1S/C16H27NO/c1-7-12-8-9-13(11(2)3)14(15(12)18-6)10-16(4,5)17/h8-9,11H,7,10,17H2,1-6H3. The molecule has 102 valence electrons. The molecule has 0 amide bonds. The molecule has 2 heteroatoms. The average Bonchev–Trinajstić information content (AvgIpc) is 2.25. The van der Waals surface area contributed by atoms with E-state index in [4.69, 9.17) is 10.5 Å². The fourth-order valence-electron chi connectivity index (χ4n) is 2.40. The van der Waals surface area contributed by atoms with E-state index in [2.05, 4.69) is 46.8 Å². The Kier molecular flexibility index (Phi) is 4.80. The molecule has 2 N–H and O–H groups in total. The molecule has 0 aliphatic carbocycles. The van der Waals surface area contributed by atoms with Gasteiger partial charge in [-0.2, -0.15) is 0 Å². The highest BCUT2D eigenvalue weighted by Crippen LogP contribution is 2.34. The molecule has 0 atom stereocenters. The van der Waals surface area contributed by atoms with Crippen molar-refractivity contribution in [2.24, 2.45) is 5.73 Å². The SMILES string of the molecule is CCc1ccc(C(C)C)c(CC(C)(C)N)c1OC. The third kappa shape index (κ3) is 3.49. The number of hydrogen-bond acceptors (Lipinski definition) is 2. The molecule has 0 aliphatic heterocycles. The van der Waals surface area contributed by atoms with Gasteiger partial charge in [-0.1, -0.05) is 32.9 Å². The first-order chi connectivity index (χ1) is 8.30. The molecule has 0 aromatic heterocycles. The molecule has 0 saturated heterocycles. The highest BCUT2D eigenvalue weighted by atomic mass is 16.5. The summed E-state index contributed by atoms with van der Waals surface area (Å²) in [6.45, 7) is 10.7. The van der Waals surface area contributed by atoms with Crippen molar-refractivity contribution in [3.05, 3.63) is 28.8 Å². The van der Waals surface area contributed by atoms with Crippen molar-refractivity contribution >= 4 is 0 Å². The molecule has 0 heterocycles. The van der Waals surface area contributed by atoms with Crippen LogP contribution in [0, 0.1) is 0 Å².